The minimum Gasteiger partial charge on any atom is -0.486 e. The van der Waals surface area contributed by atoms with E-state index in [0.717, 1.165) is 40.0 Å². The number of nitrogens with zero attached hydrogens (tertiary/aromatic N) is 3. The van der Waals surface area contributed by atoms with Crippen LogP contribution in [0.5, 0.6) is 5.75 Å². The molecule has 1 atom stereocenters. The first-order chi connectivity index (χ1) is 17.4. The minimum atomic E-state index is -0.129. The summed E-state index contributed by atoms with van der Waals surface area (Å²) in [5.41, 5.74) is 6.11. The number of hydrogen-bond donors (Lipinski definition) is 0. The fraction of sp³-hybridized carbons (Fsp3) is 0.333. The summed E-state index contributed by atoms with van der Waals surface area (Å²) in [6, 6.07) is 21.9. The van der Waals surface area contributed by atoms with E-state index >= 15 is 0 Å². The van der Waals surface area contributed by atoms with E-state index in [0.29, 0.717) is 12.4 Å². The molecule has 1 heterocycles. The van der Waals surface area contributed by atoms with Gasteiger partial charge >= 0.3 is 0 Å². The van der Waals surface area contributed by atoms with Crippen molar-refractivity contribution in [3.63, 3.8) is 0 Å². The third kappa shape index (κ3) is 5.44. The third-order valence-electron chi connectivity index (χ3n) is 6.48. The SMILES string of the molecule is CCc1cccc(C)c1N(C(=O)Cn1c(COc2ccc(C)cc2)nc2ccccc21)C(C)COC. The lowest BCUT2D eigenvalue weighted by Gasteiger charge is -2.32. The first kappa shape index (κ1) is 25.5. The number of methoxy groups -OCH3 is 1. The van der Waals surface area contributed by atoms with Gasteiger partial charge in [-0.05, 0) is 62.6 Å². The largest absolute Gasteiger partial charge is 0.486 e. The number of aryl methyl sites for hydroxylation is 3. The second kappa shape index (κ2) is 11.4. The standard InChI is InChI=1S/C30H35N3O3/c1-6-24-11-9-10-22(3)30(24)33(23(4)19-35-5)29(34)18-32-27-13-8-7-12-26(27)31-28(32)20-36-25-16-14-21(2)15-17-25/h7-17,23H,6,18-20H2,1-5H3. The number of benzene rings is 3. The van der Waals surface area contributed by atoms with Gasteiger partial charge < -0.3 is 18.9 Å². The van der Waals surface area contributed by atoms with Gasteiger partial charge in [0.1, 0.15) is 24.7 Å². The molecule has 6 nitrogen and oxygen atoms in total. The Morgan fingerprint density at radius 1 is 1.03 bits per heavy atom. The van der Waals surface area contributed by atoms with Crippen LogP contribution in [0.25, 0.3) is 11.0 Å². The van der Waals surface area contributed by atoms with E-state index < -0.39 is 0 Å². The number of anilines is 1. The molecule has 1 aromatic heterocycles. The van der Waals surface area contributed by atoms with Crippen molar-refractivity contribution in [2.24, 2.45) is 0 Å². The Kier molecular flexibility index (Phi) is 8.06. The molecule has 4 rings (SSSR count). The van der Waals surface area contributed by atoms with Gasteiger partial charge in [0.05, 0.1) is 29.4 Å². The van der Waals surface area contributed by atoms with Gasteiger partial charge in [-0.15, -0.1) is 0 Å². The Hall–Kier alpha value is -3.64. The smallest absolute Gasteiger partial charge is 0.247 e. The van der Waals surface area contributed by atoms with Crippen LogP contribution in [0.15, 0.2) is 66.7 Å². The molecule has 1 amide bonds. The topological polar surface area (TPSA) is 56.6 Å². The molecule has 1 unspecified atom stereocenters. The van der Waals surface area contributed by atoms with E-state index in [9.17, 15) is 4.79 Å². The minimum absolute atomic E-state index is 0.0108. The van der Waals surface area contributed by atoms with Crippen LogP contribution < -0.4 is 9.64 Å². The van der Waals surface area contributed by atoms with Gasteiger partial charge in [0.15, 0.2) is 0 Å². The average molecular weight is 486 g/mol. The summed E-state index contributed by atoms with van der Waals surface area (Å²) in [6.45, 7) is 9.11. The molecular weight excluding hydrogens is 450 g/mol. The number of hydrogen-bond acceptors (Lipinski definition) is 4. The van der Waals surface area contributed by atoms with E-state index in [-0.39, 0.29) is 25.1 Å². The first-order valence-electron chi connectivity index (χ1n) is 12.5. The highest BCUT2D eigenvalue weighted by atomic mass is 16.5. The zero-order valence-electron chi connectivity index (χ0n) is 21.8. The zero-order valence-corrected chi connectivity index (χ0v) is 21.8. The van der Waals surface area contributed by atoms with Gasteiger partial charge in [-0.3, -0.25) is 4.79 Å². The van der Waals surface area contributed by atoms with Crippen LogP contribution in [0.4, 0.5) is 5.69 Å². The quantitative estimate of drug-likeness (QED) is 0.282. The fourth-order valence-corrected chi connectivity index (χ4v) is 4.66. The molecule has 0 fully saturated rings. The van der Waals surface area contributed by atoms with Crippen molar-refractivity contribution in [2.75, 3.05) is 18.6 Å². The number of carbonyl (C=O) groups excluding carboxylic acids is 1. The number of fused-ring (bicyclic) bond motifs is 1. The molecule has 36 heavy (non-hydrogen) atoms. The van der Waals surface area contributed by atoms with Crippen LogP contribution in [0.1, 0.15) is 36.4 Å². The summed E-state index contributed by atoms with van der Waals surface area (Å²) < 4.78 is 13.5. The average Bonchev–Trinajstić information content (AvgIpc) is 3.22. The number of amides is 1. The van der Waals surface area contributed by atoms with Gasteiger partial charge in [0.2, 0.25) is 5.91 Å². The Morgan fingerprint density at radius 2 is 1.78 bits per heavy atom. The molecular formula is C30H35N3O3. The van der Waals surface area contributed by atoms with Crippen LogP contribution in [-0.4, -0.2) is 35.2 Å². The van der Waals surface area contributed by atoms with Crippen molar-refractivity contribution in [3.8, 4) is 5.75 Å². The van der Waals surface area contributed by atoms with Crippen molar-refractivity contribution >= 4 is 22.6 Å². The first-order valence-corrected chi connectivity index (χ1v) is 12.5. The molecule has 0 spiro atoms. The molecule has 6 heteroatoms. The van der Waals surface area contributed by atoms with Gasteiger partial charge in [-0.2, -0.15) is 0 Å². The molecule has 0 aliphatic heterocycles. The summed E-state index contributed by atoms with van der Waals surface area (Å²) in [6.07, 6.45) is 0.837. The van der Waals surface area contributed by atoms with Crippen molar-refractivity contribution in [1.29, 1.82) is 0 Å². The lowest BCUT2D eigenvalue weighted by molar-refractivity contribution is -0.119. The second-order valence-electron chi connectivity index (χ2n) is 9.21. The fourth-order valence-electron chi connectivity index (χ4n) is 4.66. The molecule has 188 valence electrons. The molecule has 0 bridgehead atoms. The highest BCUT2D eigenvalue weighted by molar-refractivity contribution is 5.96. The molecule has 4 aromatic rings. The highest BCUT2D eigenvalue weighted by Crippen LogP contribution is 2.29. The van der Waals surface area contributed by atoms with Crippen LogP contribution in [0.2, 0.25) is 0 Å². The van der Waals surface area contributed by atoms with Gasteiger partial charge in [-0.1, -0.05) is 55.0 Å². The predicted octanol–water partition coefficient (Wildman–Crippen LogP) is 5.86. The maximum atomic E-state index is 14.0. The van der Waals surface area contributed by atoms with Crippen molar-refractivity contribution in [2.45, 2.75) is 53.3 Å². The summed E-state index contributed by atoms with van der Waals surface area (Å²) in [7, 11) is 1.67. The highest BCUT2D eigenvalue weighted by Gasteiger charge is 2.27. The van der Waals surface area contributed by atoms with Gasteiger partial charge in [-0.25, -0.2) is 4.98 Å². The van der Waals surface area contributed by atoms with Crippen LogP contribution in [-0.2, 0) is 29.1 Å². The summed E-state index contributed by atoms with van der Waals surface area (Å²) >= 11 is 0. The van der Waals surface area contributed by atoms with Crippen molar-refractivity contribution < 1.29 is 14.3 Å². The van der Waals surface area contributed by atoms with Gasteiger partial charge in [0.25, 0.3) is 0 Å². The number of imidazole rings is 1. The number of carbonyl (C=O) groups is 1. The van der Waals surface area contributed by atoms with Crippen molar-refractivity contribution in [1.82, 2.24) is 9.55 Å². The molecule has 0 aliphatic carbocycles. The van der Waals surface area contributed by atoms with E-state index in [4.69, 9.17) is 14.5 Å². The molecule has 0 N–H and O–H groups in total. The van der Waals surface area contributed by atoms with Crippen LogP contribution >= 0.6 is 0 Å². The van der Waals surface area contributed by atoms with E-state index in [2.05, 4.69) is 26.0 Å². The molecule has 0 aliphatic rings. The van der Waals surface area contributed by atoms with Crippen molar-refractivity contribution in [3.05, 3.63) is 89.2 Å². The predicted molar refractivity (Wildman–Crippen MR) is 145 cm³/mol. The zero-order chi connectivity index (χ0) is 25.7. The Balaban J connectivity index is 1.70. The summed E-state index contributed by atoms with van der Waals surface area (Å²) in [5, 5.41) is 0. The van der Waals surface area contributed by atoms with Crippen LogP contribution in [0, 0.1) is 13.8 Å². The second-order valence-corrected chi connectivity index (χ2v) is 9.21. The molecule has 0 radical (unpaired) electrons. The van der Waals surface area contributed by atoms with E-state index in [1.165, 1.54) is 5.56 Å². The Labute approximate surface area is 213 Å². The lowest BCUT2D eigenvalue weighted by atomic mass is 10.0. The monoisotopic (exact) mass is 485 g/mol. The number of ether oxygens (including phenoxy) is 2. The van der Waals surface area contributed by atoms with E-state index in [1.54, 1.807) is 7.11 Å². The Morgan fingerprint density at radius 3 is 2.50 bits per heavy atom. The van der Waals surface area contributed by atoms with Crippen LogP contribution in [0.3, 0.4) is 0 Å². The Bertz CT molecular complexity index is 1330. The lowest BCUT2D eigenvalue weighted by Crippen LogP contribution is -2.44. The van der Waals surface area contributed by atoms with Gasteiger partial charge in [0, 0.05) is 7.11 Å². The van der Waals surface area contributed by atoms with E-state index in [1.807, 2.05) is 77.9 Å². The molecule has 3 aromatic carbocycles. The number of rotatable bonds is 10. The third-order valence-corrected chi connectivity index (χ3v) is 6.48. The number of para-hydroxylation sites is 3. The summed E-state index contributed by atoms with van der Waals surface area (Å²) in [5.74, 6) is 1.47. The maximum Gasteiger partial charge on any atom is 0.247 e. The maximum absolute atomic E-state index is 14.0. The molecule has 0 saturated heterocycles. The number of aromatic nitrogens is 2. The molecule has 0 saturated carbocycles. The normalized spacial score (nSPS) is 12.0. The summed E-state index contributed by atoms with van der Waals surface area (Å²) in [4.78, 5) is 20.7.